The summed E-state index contributed by atoms with van der Waals surface area (Å²) in [7, 11) is 1.69. The second-order valence-corrected chi connectivity index (χ2v) is 6.64. The summed E-state index contributed by atoms with van der Waals surface area (Å²) in [6, 6.07) is 8.51. The van der Waals surface area contributed by atoms with Crippen molar-refractivity contribution in [1.29, 1.82) is 0 Å². The van der Waals surface area contributed by atoms with Crippen molar-refractivity contribution in [2.24, 2.45) is 5.92 Å². The number of hydrogen-bond donors (Lipinski definition) is 1. The molecule has 1 N–H and O–H groups in total. The molecule has 2 aliphatic rings. The highest BCUT2D eigenvalue weighted by molar-refractivity contribution is 5.78. The summed E-state index contributed by atoms with van der Waals surface area (Å²) < 4.78 is 5.29. The monoisotopic (exact) mass is 314 g/mol. The highest BCUT2D eigenvalue weighted by Crippen LogP contribution is 2.32. The van der Waals surface area contributed by atoms with Crippen LogP contribution in [0.15, 0.2) is 30.3 Å². The molecule has 4 nitrogen and oxygen atoms in total. The minimum absolute atomic E-state index is 0.155. The Labute approximate surface area is 138 Å². The number of benzene rings is 1. The molecular weight excluding hydrogens is 288 g/mol. The first-order chi connectivity index (χ1) is 11.2. The Hall–Kier alpha value is -1.81. The molecule has 1 aliphatic carbocycles. The Bertz CT molecular complexity index is 593. The van der Waals surface area contributed by atoms with E-state index in [1.54, 1.807) is 7.11 Å². The maximum absolute atomic E-state index is 12.1. The SMILES string of the molecule is COc1cccc(C2=CCN(CC(=O)N[C@@H](C)C3CC3)CC2)c1. The zero-order chi connectivity index (χ0) is 16.2. The van der Waals surface area contributed by atoms with Gasteiger partial charge in [0.25, 0.3) is 0 Å². The van der Waals surface area contributed by atoms with E-state index < -0.39 is 0 Å². The molecule has 1 aromatic rings. The molecule has 0 unspecified atom stereocenters. The first kappa shape index (κ1) is 16.1. The minimum atomic E-state index is 0.155. The van der Waals surface area contributed by atoms with Gasteiger partial charge in [-0.25, -0.2) is 0 Å². The molecule has 23 heavy (non-hydrogen) atoms. The fourth-order valence-corrected chi connectivity index (χ4v) is 3.16. The number of amides is 1. The van der Waals surface area contributed by atoms with Crippen molar-refractivity contribution in [3.8, 4) is 5.75 Å². The number of nitrogens with zero attached hydrogens (tertiary/aromatic N) is 1. The van der Waals surface area contributed by atoms with E-state index >= 15 is 0 Å². The van der Waals surface area contributed by atoms with Crippen molar-refractivity contribution in [3.05, 3.63) is 35.9 Å². The van der Waals surface area contributed by atoms with Gasteiger partial charge in [-0.3, -0.25) is 9.69 Å². The van der Waals surface area contributed by atoms with E-state index in [4.69, 9.17) is 4.74 Å². The third kappa shape index (κ3) is 4.35. The van der Waals surface area contributed by atoms with Crippen molar-refractivity contribution in [3.63, 3.8) is 0 Å². The molecule has 0 bridgehead atoms. The van der Waals surface area contributed by atoms with Crippen LogP contribution < -0.4 is 10.1 Å². The average Bonchev–Trinajstić information content (AvgIpc) is 3.40. The lowest BCUT2D eigenvalue weighted by atomic mass is 9.99. The average molecular weight is 314 g/mol. The van der Waals surface area contributed by atoms with Crippen LogP contribution in [0.1, 0.15) is 31.7 Å². The molecule has 124 valence electrons. The van der Waals surface area contributed by atoms with Gasteiger partial charge in [0.2, 0.25) is 5.91 Å². The van der Waals surface area contributed by atoms with Gasteiger partial charge in [-0.05, 0) is 55.4 Å². The Kier molecular flexibility index (Phi) is 5.01. The van der Waals surface area contributed by atoms with Gasteiger partial charge >= 0.3 is 0 Å². The molecule has 4 heteroatoms. The third-order valence-corrected chi connectivity index (χ3v) is 4.82. The molecule has 1 heterocycles. The van der Waals surface area contributed by atoms with Crippen LogP contribution in [0.2, 0.25) is 0 Å². The van der Waals surface area contributed by atoms with E-state index in [-0.39, 0.29) is 5.91 Å². The van der Waals surface area contributed by atoms with E-state index in [9.17, 15) is 4.79 Å². The lowest BCUT2D eigenvalue weighted by Crippen LogP contribution is -2.43. The van der Waals surface area contributed by atoms with Crippen LogP contribution in [-0.2, 0) is 4.79 Å². The van der Waals surface area contributed by atoms with Crippen LogP contribution >= 0.6 is 0 Å². The van der Waals surface area contributed by atoms with Gasteiger partial charge in [0, 0.05) is 19.1 Å². The Balaban J connectivity index is 1.52. The first-order valence-electron chi connectivity index (χ1n) is 8.51. The number of nitrogens with one attached hydrogen (secondary N) is 1. The largest absolute Gasteiger partial charge is 0.497 e. The number of carbonyl (C=O) groups is 1. The highest BCUT2D eigenvalue weighted by Gasteiger charge is 2.29. The molecule has 1 fully saturated rings. The number of methoxy groups -OCH3 is 1. The van der Waals surface area contributed by atoms with Gasteiger partial charge in [0.1, 0.15) is 5.75 Å². The summed E-state index contributed by atoms with van der Waals surface area (Å²) in [6.07, 6.45) is 5.73. The van der Waals surface area contributed by atoms with Crippen LogP contribution in [0.3, 0.4) is 0 Å². The summed E-state index contributed by atoms with van der Waals surface area (Å²) >= 11 is 0. The van der Waals surface area contributed by atoms with Crippen LogP contribution in [0, 0.1) is 5.92 Å². The quantitative estimate of drug-likeness (QED) is 0.878. The van der Waals surface area contributed by atoms with Gasteiger partial charge in [0.15, 0.2) is 0 Å². The van der Waals surface area contributed by atoms with Crippen LogP contribution in [-0.4, -0.2) is 43.6 Å². The van der Waals surface area contributed by atoms with Crippen LogP contribution in [0.4, 0.5) is 0 Å². The minimum Gasteiger partial charge on any atom is -0.497 e. The summed E-state index contributed by atoms with van der Waals surface area (Å²) in [5.74, 6) is 1.75. The third-order valence-electron chi connectivity index (χ3n) is 4.82. The lowest BCUT2D eigenvalue weighted by Gasteiger charge is -2.26. The smallest absolute Gasteiger partial charge is 0.234 e. The molecule has 3 rings (SSSR count). The topological polar surface area (TPSA) is 41.6 Å². The van der Waals surface area contributed by atoms with Gasteiger partial charge in [0.05, 0.1) is 13.7 Å². The summed E-state index contributed by atoms with van der Waals surface area (Å²) in [6.45, 7) is 4.37. The fourth-order valence-electron chi connectivity index (χ4n) is 3.16. The Morgan fingerprint density at radius 2 is 2.26 bits per heavy atom. The van der Waals surface area contributed by atoms with Gasteiger partial charge in [-0.15, -0.1) is 0 Å². The zero-order valence-corrected chi connectivity index (χ0v) is 14.0. The maximum Gasteiger partial charge on any atom is 0.234 e. The second kappa shape index (κ2) is 7.18. The molecular formula is C19H26N2O2. The van der Waals surface area contributed by atoms with Crippen molar-refractivity contribution >= 4 is 11.5 Å². The molecule has 0 saturated heterocycles. The van der Waals surface area contributed by atoms with E-state index in [1.165, 1.54) is 24.0 Å². The molecule has 0 aromatic heterocycles. The first-order valence-corrected chi connectivity index (χ1v) is 8.51. The Morgan fingerprint density at radius 3 is 2.91 bits per heavy atom. The molecule has 1 aliphatic heterocycles. The maximum atomic E-state index is 12.1. The molecule has 1 saturated carbocycles. The van der Waals surface area contributed by atoms with Crippen molar-refractivity contribution in [2.75, 3.05) is 26.7 Å². The van der Waals surface area contributed by atoms with E-state index in [2.05, 4.69) is 35.3 Å². The van der Waals surface area contributed by atoms with Crippen molar-refractivity contribution in [1.82, 2.24) is 10.2 Å². The van der Waals surface area contributed by atoms with Crippen molar-refractivity contribution in [2.45, 2.75) is 32.2 Å². The van der Waals surface area contributed by atoms with Crippen LogP contribution in [0.25, 0.3) is 5.57 Å². The predicted molar refractivity (Wildman–Crippen MR) is 92.4 cm³/mol. The highest BCUT2D eigenvalue weighted by atomic mass is 16.5. The summed E-state index contributed by atoms with van der Waals surface area (Å²) in [5.41, 5.74) is 2.56. The standard InChI is InChI=1S/C19H26N2O2/c1-14(15-6-7-15)20-19(22)13-21-10-8-16(9-11-21)17-4-3-5-18(12-17)23-2/h3-5,8,12,14-15H,6-7,9-11,13H2,1-2H3,(H,20,22)/t14-/m0/s1. The Morgan fingerprint density at radius 1 is 1.43 bits per heavy atom. The van der Waals surface area contributed by atoms with Crippen LogP contribution in [0.5, 0.6) is 5.75 Å². The van der Waals surface area contributed by atoms with E-state index in [0.717, 1.165) is 25.3 Å². The molecule has 0 spiro atoms. The number of hydrogen-bond acceptors (Lipinski definition) is 3. The molecule has 1 aromatic carbocycles. The summed E-state index contributed by atoms with van der Waals surface area (Å²) in [4.78, 5) is 14.3. The van der Waals surface area contributed by atoms with Crippen molar-refractivity contribution < 1.29 is 9.53 Å². The lowest BCUT2D eigenvalue weighted by molar-refractivity contribution is -0.122. The number of rotatable bonds is 6. The summed E-state index contributed by atoms with van der Waals surface area (Å²) in [5, 5.41) is 3.13. The normalized spacial score (nSPS) is 19.8. The molecule has 1 atom stereocenters. The zero-order valence-electron chi connectivity index (χ0n) is 14.0. The van der Waals surface area contributed by atoms with E-state index in [1.807, 2.05) is 12.1 Å². The molecule has 1 amide bonds. The van der Waals surface area contributed by atoms with Gasteiger partial charge < -0.3 is 10.1 Å². The van der Waals surface area contributed by atoms with E-state index in [0.29, 0.717) is 18.5 Å². The van der Waals surface area contributed by atoms with Gasteiger partial charge in [-0.2, -0.15) is 0 Å². The number of ether oxygens (including phenoxy) is 1. The molecule has 0 radical (unpaired) electrons. The fraction of sp³-hybridized carbons (Fsp3) is 0.526. The predicted octanol–water partition coefficient (Wildman–Crippen LogP) is 2.70. The second-order valence-electron chi connectivity index (χ2n) is 6.64. The number of carbonyl (C=O) groups excluding carboxylic acids is 1. The van der Waals surface area contributed by atoms with Gasteiger partial charge in [-0.1, -0.05) is 18.2 Å².